The normalized spacial score (nSPS) is 13.7. The number of guanidine groups is 2. The van der Waals surface area contributed by atoms with Crippen molar-refractivity contribution in [2.24, 2.45) is 44.4 Å². The number of unbranched alkanes of at least 4 members (excludes halogenated alkanes) is 1. The highest BCUT2D eigenvalue weighted by Gasteiger charge is 2.32. The summed E-state index contributed by atoms with van der Waals surface area (Å²) in [7, 11) is 0. The Kier molecular flexibility index (Phi) is 22.6. The zero-order chi connectivity index (χ0) is 46.2. The minimum absolute atomic E-state index is 0.0181. The largest absolute Gasteiger partial charge is 0.508 e. The number of carboxylic acids is 1. The average molecular weight is 872 g/mol. The number of aliphatic hydroxyl groups is 1. The van der Waals surface area contributed by atoms with Crippen LogP contribution in [-0.2, 0) is 41.6 Å². The molecule has 62 heavy (non-hydrogen) atoms. The molecule has 2 aromatic carbocycles. The van der Waals surface area contributed by atoms with Crippen molar-refractivity contribution in [2.45, 2.75) is 94.0 Å². The third kappa shape index (κ3) is 19.6. The van der Waals surface area contributed by atoms with E-state index in [0.29, 0.717) is 24.0 Å². The van der Waals surface area contributed by atoms with Crippen LogP contribution in [-0.4, -0.2) is 130 Å². The molecule has 0 aromatic heterocycles. The van der Waals surface area contributed by atoms with Gasteiger partial charge in [-0.3, -0.25) is 34.0 Å². The van der Waals surface area contributed by atoms with E-state index >= 15 is 0 Å². The Morgan fingerprint density at radius 2 is 0.903 bits per heavy atom. The van der Waals surface area contributed by atoms with Crippen LogP contribution in [0.15, 0.2) is 58.5 Å². The number of aromatic hydroxyl groups is 2. The number of carboxylic acid groups (broad SMARTS) is 1. The summed E-state index contributed by atoms with van der Waals surface area (Å²) < 4.78 is 0. The molecule has 0 aliphatic heterocycles. The highest BCUT2D eigenvalue weighted by molar-refractivity contribution is 5.96. The van der Waals surface area contributed by atoms with Crippen molar-refractivity contribution in [2.75, 3.05) is 26.2 Å². The van der Waals surface area contributed by atoms with Crippen molar-refractivity contribution in [3.05, 3.63) is 59.7 Å². The lowest BCUT2D eigenvalue weighted by atomic mass is 10.0. The molecule has 0 aliphatic rings. The number of aliphatic hydroxyl groups excluding tert-OH is 1. The molecule has 0 bridgehead atoms. The Hall–Kier alpha value is -6.72. The van der Waals surface area contributed by atoms with E-state index in [0.717, 1.165) is 0 Å². The van der Waals surface area contributed by atoms with Gasteiger partial charge in [0.15, 0.2) is 11.9 Å². The smallest absolute Gasteiger partial charge is 0.326 e. The van der Waals surface area contributed by atoms with Crippen molar-refractivity contribution >= 4 is 47.4 Å². The van der Waals surface area contributed by atoms with Gasteiger partial charge in [0, 0.05) is 19.5 Å². The SMILES string of the molecule is NCCCC[C@H](NC(=O)[C@H](CCCN=C(N)N)NC(=O)[C@H](CO)NC(=O)[C@H](CCCN=C(N)N)NC(=O)[C@@H](N)Cc1ccc(O)cc1)C(=O)N[C@@H](Cc1ccc(O)cc1)C(=O)O. The molecule has 0 unspecified atom stereocenters. The fraction of sp³-hybridized carbons (Fsp3) is 0.487. The number of aliphatic carboxylic acids is 1. The number of benzene rings is 2. The second-order valence-electron chi connectivity index (χ2n) is 14.4. The van der Waals surface area contributed by atoms with Crippen molar-refractivity contribution < 1.29 is 49.2 Å². The first-order chi connectivity index (χ1) is 29.4. The minimum Gasteiger partial charge on any atom is -0.508 e. The molecule has 5 amide bonds. The monoisotopic (exact) mass is 871 g/mol. The molecule has 0 radical (unpaired) electrons. The van der Waals surface area contributed by atoms with E-state index in [1.54, 1.807) is 12.1 Å². The Balaban J connectivity index is 2.29. The van der Waals surface area contributed by atoms with Crippen molar-refractivity contribution in [3.63, 3.8) is 0 Å². The van der Waals surface area contributed by atoms with E-state index in [2.05, 4.69) is 36.6 Å². The lowest BCUT2D eigenvalue weighted by Crippen LogP contribution is -2.60. The number of rotatable bonds is 28. The number of hydrogen-bond acceptors (Lipinski definition) is 13. The maximum atomic E-state index is 13.9. The number of carbonyl (C=O) groups excluding carboxylic acids is 5. The van der Waals surface area contributed by atoms with Crippen molar-refractivity contribution in [1.82, 2.24) is 26.6 Å². The van der Waals surface area contributed by atoms with Gasteiger partial charge in [0.1, 0.15) is 41.7 Å². The number of aliphatic imine (C=N–C) groups is 2. The summed E-state index contributed by atoms with van der Waals surface area (Å²) in [4.78, 5) is 87.7. The number of nitrogens with two attached hydrogens (primary N) is 6. The second-order valence-corrected chi connectivity index (χ2v) is 14.4. The molecular weight excluding hydrogens is 811 g/mol. The highest BCUT2D eigenvalue weighted by Crippen LogP contribution is 2.14. The number of phenols is 2. The first-order valence-corrected chi connectivity index (χ1v) is 19.9. The molecule has 0 saturated carbocycles. The molecule has 0 saturated heterocycles. The van der Waals surface area contributed by atoms with Crippen LogP contribution in [0.5, 0.6) is 11.5 Å². The van der Waals surface area contributed by atoms with Gasteiger partial charge < -0.3 is 81.4 Å². The predicted octanol–water partition coefficient (Wildman–Crippen LogP) is -4.05. The van der Waals surface area contributed by atoms with Crippen LogP contribution in [0, 0.1) is 0 Å². The lowest BCUT2D eigenvalue weighted by molar-refractivity contribution is -0.142. The van der Waals surface area contributed by atoms with Crippen LogP contribution in [0.25, 0.3) is 0 Å². The molecule has 2 aromatic rings. The van der Waals surface area contributed by atoms with Crippen LogP contribution >= 0.6 is 0 Å². The van der Waals surface area contributed by atoms with Gasteiger partial charge in [-0.25, -0.2) is 4.79 Å². The summed E-state index contributed by atoms with van der Waals surface area (Å²) in [5.74, 6) is -6.11. The molecular formula is C39H61N13O10. The van der Waals surface area contributed by atoms with Crippen LogP contribution in [0.1, 0.15) is 56.1 Å². The first kappa shape index (κ1) is 51.4. The molecule has 0 aliphatic carbocycles. The number of hydrogen-bond donors (Lipinski definition) is 15. The molecule has 21 N–H and O–H groups in total. The van der Waals surface area contributed by atoms with Crippen molar-refractivity contribution in [3.8, 4) is 11.5 Å². The summed E-state index contributed by atoms with van der Waals surface area (Å²) in [5, 5.41) is 51.8. The Labute approximate surface area is 358 Å². The maximum Gasteiger partial charge on any atom is 0.326 e. The van der Waals surface area contributed by atoms with E-state index in [1.807, 2.05) is 0 Å². The third-order valence-electron chi connectivity index (χ3n) is 9.27. The Morgan fingerprint density at radius 1 is 0.532 bits per heavy atom. The van der Waals surface area contributed by atoms with Gasteiger partial charge >= 0.3 is 5.97 Å². The minimum atomic E-state index is -1.65. The fourth-order valence-electron chi connectivity index (χ4n) is 5.91. The van der Waals surface area contributed by atoms with Gasteiger partial charge in [0.25, 0.3) is 0 Å². The molecule has 342 valence electrons. The van der Waals surface area contributed by atoms with Crippen LogP contribution < -0.4 is 61.0 Å². The fourth-order valence-corrected chi connectivity index (χ4v) is 5.91. The van der Waals surface area contributed by atoms with Gasteiger partial charge in [-0.05, 0) is 93.3 Å². The Morgan fingerprint density at radius 3 is 1.31 bits per heavy atom. The highest BCUT2D eigenvalue weighted by atomic mass is 16.4. The summed E-state index contributed by atoms with van der Waals surface area (Å²) in [6, 6.07) is 3.56. The van der Waals surface area contributed by atoms with Gasteiger partial charge in [0.2, 0.25) is 29.5 Å². The molecule has 0 spiro atoms. The lowest BCUT2D eigenvalue weighted by Gasteiger charge is -2.27. The van der Waals surface area contributed by atoms with E-state index in [4.69, 9.17) is 34.4 Å². The first-order valence-electron chi connectivity index (χ1n) is 19.9. The van der Waals surface area contributed by atoms with Gasteiger partial charge in [-0.2, -0.15) is 0 Å². The van der Waals surface area contributed by atoms with Gasteiger partial charge in [0.05, 0.1) is 12.6 Å². The molecule has 6 atom stereocenters. The van der Waals surface area contributed by atoms with Crippen molar-refractivity contribution in [1.29, 1.82) is 0 Å². The molecule has 0 heterocycles. The second kappa shape index (κ2) is 27.2. The van der Waals surface area contributed by atoms with E-state index in [9.17, 15) is 49.2 Å². The molecule has 0 fully saturated rings. The van der Waals surface area contributed by atoms with E-state index in [1.165, 1.54) is 36.4 Å². The predicted molar refractivity (Wildman–Crippen MR) is 229 cm³/mol. The number of nitrogens with zero attached hydrogens (tertiary/aromatic N) is 2. The van der Waals surface area contributed by atoms with Crippen LogP contribution in [0.2, 0.25) is 0 Å². The zero-order valence-corrected chi connectivity index (χ0v) is 34.4. The Bertz CT molecular complexity index is 1820. The standard InChI is InChI=1S/C39H61N13O10/c40-16-2-1-5-27(34(58)51-30(37(61)62)20-23-10-14-25(55)15-11-23)49-33(57)29(7-4-18-47-39(44)45)50-36(60)31(21-53)52-35(59)28(6-3-17-46-38(42)43)48-32(56)26(41)19-22-8-12-24(54)13-9-22/h8-15,26-31,53-55H,1-7,16-21,40-41H2,(H,48,56)(H,49,57)(H,50,60)(H,51,58)(H,52,59)(H,61,62)(H4,42,43,46)(H4,44,45,47)/t26-,27-,28-,29-,30-,31-/m0/s1. The van der Waals surface area contributed by atoms with Gasteiger partial charge in [-0.15, -0.1) is 0 Å². The number of phenolic OH excluding ortho intramolecular Hbond substituents is 2. The van der Waals surface area contributed by atoms with Gasteiger partial charge in [-0.1, -0.05) is 24.3 Å². The quantitative estimate of drug-likeness (QED) is 0.0220. The zero-order valence-electron chi connectivity index (χ0n) is 34.4. The van der Waals surface area contributed by atoms with Crippen LogP contribution in [0.3, 0.4) is 0 Å². The molecule has 2 rings (SSSR count). The third-order valence-corrected chi connectivity index (χ3v) is 9.27. The topological polar surface area (TPSA) is 424 Å². The summed E-state index contributed by atoms with van der Waals surface area (Å²) in [6.07, 6.45) is 0.982. The summed E-state index contributed by atoms with van der Waals surface area (Å²) in [6.45, 7) is -0.554. The summed E-state index contributed by atoms with van der Waals surface area (Å²) in [5.41, 5.74) is 34.6. The summed E-state index contributed by atoms with van der Waals surface area (Å²) >= 11 is 0. The maximum absolute atomic E-state index is 13.9. The number of amides is 5. The molecule has 23 nitrogen and oxygen atoms in total. The van der Waals surface area contributed by atoms with E-state index < -0.39 is 78.4 Å². The van der Waals surface area contributed by atoms with Crippen LogP contribution in [0.4, 0.5) is 0 Å². The van der Waals surface area contributed by atoms with E-state index in [-0.39, 0.29) is 88.0 Å². The molecule has 23 heteroatoms. The average Bonchev–Trinajstić information content (AvgIpc) is 3.22. The number of carbonyl (C=O) groups is 6. The number of nitrogens with one attached hydrogen (secondary N) is 5.